The van der Waals surface area contributed by atoms with Crippen molar-refractivity contribution in [2.45, 2.75) is 56.8 Å². The molecule has 1 aromatic heterocycles. The minimum Gasteiger partial charge on any atom is -0.495 e. The monoisotopic (exact) mass is 670 g/mol. The SMILES string of the molecule is COc1cc(C(F)(F)F)cc2nc(NC(=O)N(Cc3ccc(C(=O)NC[C@@H](O)C(=O)O)cc3)c3ccc(C4CCCCC4)cc3)sc12. The number of amides is 3. The second kappa shape index (κ2) is 14.4. The van der Waals surface area contributed by atoms with E-state index in [-0.39, 0.29) is 28.5 Å². The van der Waals surface area contributed by atoms with E-state index < -0.39 is 42.3 Å². The van der Waals surface area contributed by atoms with Crippen LogP contribution in [-0.4, -0.2) is 52.9 Å². The fourth-order valence-electron chi connectivity index (χ4n) is 5.50. The molecule has 0 aliphatic heterocycles. The number of nitrogens with one attached hydrogen (secondary N) is 2. The van der Waals surface area contributed by atoms with Crippen LogP contribution >= 0.6 is 11.3 Å². The van der Waals surface area contributed by atoms with Crippen molar-refractivity contribution in [3.63, 3.8) is 0 Å². The van der Waals surface area contributed by atoms with Crippen LogP contribution in [0.5, 0.6) is 5.75 Å². The first-order valence-electron chi connectivity index (χ1n) is 14.9. The van der Waals surface area contributed by atoms with Gasteiger partial charge in [0.05, 0.1) is 36.0 Å². The van der Waals surface area contributed by atoms with Crippen LogP contribution in [0.1, 0.15) is 65.1 Å². The zero-order chi connectivity index (χ0) is 33.7. The molecule has 4 aromatic rings. The Hall–Kier alpha value is -4.69. The molecule has 5 rings (SSSR count). The molecule has 248 valence electrons. The van der Waals surface area contributed by atoms with Gasteiger partial charge in [-0.15, -0.1) is 0 Å². The third-order valence-electron chi connectivity index (χ3n) is 8.04. The molecule has 0 bridgehead atoms. The van der Waals surface area contributed by atoms with E-state index in [1.54, 1.807) is 12.1 Å². The molecule has 14 heteroatoms. The number of thiazole rings is 1. The highest BCUT2D eigenvalue weighted by Crippen LogP contribution is 2.40. The number of carbonyl (C=O) groups excluding carboxylic acids is 2. The highest BCUT2D eigenvalue weighted by atomic mass is 32.1. The summed E-state index contributed by atoms with van der Waals surface area (Å²) in [6.45, 7) is -0.392. The first kappa shape index (κ1) is 33.7. The molecule has 3 aromatic carbocycles. The van der Waals surface area contributed by atoms with E-state index in [1.165, 1.54) is 49.0 Å². The number of hydrogen-bond acceptors (Lipinski definition) is 7. The number of alkyl halides is 3. The molecule has 4 N–H and O–H groups in total. The summed E-state index contributed by atoms with van der Waals surface area (Å²) in [4.78, 5) is 42.7. The molecule has 47 heavy (non-hydrogen) atoms. The molecule has 0 radical (unpaired) electrons. The summed E-state index contributed by atoms with van der Waals surface area (Å²) in [5.74, 6) is -1.59. The highest BCUT2D eigenvalue weighted by Gasteiger charge is 2.32. The lowest BCUT2D eigenvalue weighted by molar-refractivity contribution is -0.146. The largest absolute Gasteiger partial charge is 0.495 e. The number of aliphatic carboxylic acids is 1. The lowest BCUT2D eigenvalue weighted by atomic mass is 9.84. The molecule has 1 saturated carbocycles. The van der Waals surface area contributed by atoms with E-state index in [4.69, 9.17) is 9.84 Å². The van der Waals surface area contributed by atoms with Crippen molar-refractivity contribution in [2.75, 3.05) is 23.9 Å². The number of aliphatic hydroxyl groups excluding tert-OH is 1. The third-order valence-corrected chi connectivity index (χ3v) is 9.04. The zero-order valence-electron chi connectivity index (χ0n) is 25.3. The minimum absolute atomic E-state index is 0.00965. The molecule has 1 aliphatic rings. The van der Waals surface area contributed by atoms with E-state index in [0.29, 0.717) is 21.9 Å². The quantitative estimate of drug-likeness (QED) is 0.146. The topological polar surface area (TPSA) is 141 Å². The van der Waals surface area contributed by atoms with Gasteiger partial charge >= 0.3 is 18.2 Å². The number of halogens is 3. The average Bonchev–Trinajstić information content (AvgIpc) is 3.48. The van der Waals surface area contributed by atoms with Crippen LogP contribution in [0.2, 0.25) is 0 Å². The maximum atomic E-state index is 13.8. The Kier molecular flexibility index (Phi) is 10.3. The van der Waals surface area contributed by atoms with Gasteiger partial charge in [0.15, 0.2) is 11.2 Å². The standard InChI is InChI=1S/C33H33F3N4O6S/c1-46-27-16-23(33(34,35)36)15-25-28(27)47-31(38-25)39-32(45)40(24-13-11-21(12-14-24)20-5-3-2-4-6-20)18-19-7-9-22(10-8-19)29(42)37-17-26(41)30(43)44/h7-16,20,26,41H,2-6,17-18H2,1H3,(H,37,42)(H,43,44)(H,38,39,45)/t26-/m1/s1. The molecule has 1 atom stereocenters. The van der Waals surface area contributed by atoms with E-state index in [2.05, 4.69) is 15.6 Å². The number of carbonyl (C=O) groups is 3. The van der Waals surface area contributed by atoms with Gasteiger partial charge in [0.2, 0.25) is 0 Å². The number of aromatic nitrogens is 1. The van der Waals surface area contributed by atoms with Gasteiger partial charge in [0.25, 0.3) is 5.91 Å². The Bertz CT molecular complexity index is 1740. The first-order chi connectivity index (χ1) is 22.4. The predicted molar refractivity (Wildman–Crippen MR) is 171 cm³/mol. The van der Waals surface area contributed by atoms with E-state index in [9.17, 15) is 32.7 Å². The van der Waals surface area contributed by atoms with Gasteiger partial charge in [-0.3, -0.25) is 15.0 Å². The summed E-state index contributed by atoms with van der Waals surface area (Å²) in [5, 5.41) is 23.4. The Morgan fingerprint density at radius 3 is 2.34 bits per heavy atom. The van der Waals surface area contributed by atoms with Crippen molar-refractivity contribution in [1.29, 1.82) is 0 Å². The van der Waals surface area contributed by atoms with E-state index >= 15 is 0 Å². The molecule has 1 fully saturated rings. The molecule has 0 spiro atoms. The Labute approximate surface area is 272 Å². The number of carboxylic acid groups (broad SMARTS) is 1. The number of nitrogens with zero attached hydrogens (tertiary/aromatic N) is 2. The molecule has 1 heterocycles. The summed E-state index contributed by atoms with van der Waals surface area (Å²) in [6, 6.07) is 15.3. The molecule has 0 unspecified atom stereocenters. The number of rotatable bonds is 10. The van der Waals surface area contributed by atoms with Gasteiger partial charge < -0.3 is 20.3 Å². The Balaban J connectivity index is 1.39. The zero-order valence-corrected chi connectivity index (χ0v) is 26.2. The maximum Gasteiger partial charge on any atom is 0.416 e. The minimum atomic E-state index is -4.61. The normalized spacial score (nSPS) is 14.4. The van der Waals surface area contributed by atoms with Gasteiger partial charge in [0, 0.05) is 11.3 Å². The molecular formula is C33H33F3N4O6S. The van der Waals surface area contributed by atoms with Crippen LogP contribution in [0.4, 0.5) is 28.8 Å². The summed E-state index contributed by atoms with van der Waals surface area (Å²) in [5.41, 5.74) is 1.76. The van der Waals surface area contributed by atoms with Gasteiger partial charge in [-0.25, -0.2) is 14.6 Å². The smallest absolute Gasteiger partial charge is 0.416 e. The number of benzene rings is 3. The highest BCUT2D eigenvalue weighted by molar-refractivity contribution is 7.22. The van der Waals surface area contributed by atoms with Crippen molar-refractivity contribution < 1.29 is 42.5 Å². The lowest BCUT2D eigenvalue weighted by Crippen LogP contribution is -2.36. The van der Waals surface area contributed by atoms with Crippen LogP contribution in [0.25, 0.3) is 10.2 Å². The number of methoxy groups -OCH3 is 1. The average molecular weight is 671 g/mol. The van der Waals surface area contributed by atoms with Gasteiger partial charge in [0.1, 0.15) is 5.75 Å². The van der Waals surface area contributed by atoms with Crippen molar-refractivity contribution >= 4 is 50.3 Å². The third kappa shape index (κ3) is 8.19. The fourth-order valence-corrected chi connectivity index (χ4v) is 6.42. The molecule has 0 saturated heterocycles. The van der Waals surface area contributed by atoms with Crippen LogP contribution in [-0.2, 0) is 17.5 Å². The summed E-state index contributed by atoms with van der Waals surface area (Å²) in [7, 11) is 1.26. The van der Waals surface area contributed by atoms with Gasteiger partial charge in [-0.2, -0.15) is 13.2 Å². The number of ether oxygens (including phenoxy) is 1. The molecule has 1 aliphatic carbocycles. The fraction of sp³-hybridized carbons (Fsp3) is 0.333. The first-order valence-corrected chi connectivity index (χ1v) is 15.8. The number of fused-ring (bicyclic) bond motifs is 1. The van der Waals surface area contributed by atoms with Gasteiger partial charge in [-0.1, -0.05) is 54.9 Å². The molecular weight excluding hydrogens is 637 g/mol. The number of hydrogen-bond donors (Lipinski definition) is 4. The summed E-state index contributed by atoms with van der Waals surface area (Å²) >= 11 is 0.989. The van der Waals surface area contributed by atoms with E-state index in [0.717, 1.165) is 36.3 Å². The number of carboxylic acids is 1. The second-order valence-electron chi connectivity index (χ2n) is 11.2. The van der Waals surface area contributed by atoms with Crippen molar-refractivity contribution in [3.8, 4) is 5.75 Å². The van der Waals surface area contributed by atoms with E-state index in [1.807, 2.05) is 24.3 Å². The second-order valence-corrected chi connectivity index (χ2v) is 12.2. The summed E-state index contributed by atoms with van der Waals surface area (Å²) in [6.07, 6.45) is -0.559. The van der Waals surface area contributed by atoms with Crippen LogP contribution in [0.3, 0.4) is 0 Å². The lowest BCUT2D eigenvalue weighted by Gasteiger charge is -2.25. The Morgan fingerprint density at radius 1 is 1.04 bits per heavy atom. The van der Waals surface area contributed by atoms with Crippen LogP contribution in [0, 0.1) is 0 Å². The van der Waals surface area contributed by atoms with Crippen molar-refractivity contribution in [2.24, 2.45) is 0 Å². The van der Waals surface area contributed by atoms with Crippen LogP contribution in [0.15, 0.2) is 60.7 Å². The maximum absolute atomic E-state index is 13.8. The van der Waals surface area contributed by atoms with Crippen molar-refractivity contribution in [1.82, 2.24) is 10.3 Å². The number of urea groups is 1. The molecule has 3 amide bonds. The van der Waals surface area contributed by atoms with Crippen LogP contribution < -0.4 is 20.3 Å². The molecule has 10 nitrogen and oxygen atoms in total. The van der Waals surface area contributed by atoms with Crippen molar-refractivity contribution in [3.05, 3.63) is 82.9 Å². The summed E-state index contributed by atoms with van der Waals surface area (Å²) < 4.78 is 45.9. The predicted octanol–water partition coefficient (Wildman–Crippen LogP) is 6.79. The Morgan fingerprint density at radius 2 is 1.72 bits per heavy atom. The number of anilines is 2. The van der Waals surface area contributed by atoms with Gasteiger partial charge in [-0.05, 0) is 66.3 Å². The number of aliphatic hydroxyl groups is 1.